The Labute approximate surface area is 206 Å². The van der Waals surface area contributed by atoms with E-state index in [9.17, 15) is 24.3 Å². The molecule has 0 aliphatic heterocycles. The number of amides is 4. The van der Waals surface area contributed by atoms with Crippen molar-refractivity contribution < 1.29 is 35.3 Å². The van der Waals surface area contributed by atoms with Crippen LogP contribution in [-0.4, -0.2) is 41.3 Å². The first-order valence-electron chi connectivity index (χ1n) is 14.3. The van der Waals surface area contributed by atoms with Gasteiger partial charge >= 0.3 is 6.03 Å². The lowest BCUT2D eigenvalue weighted by Crippen LogP contribution is -2.45. The average Bonchev–Trinajstić information content (AvgIpc) is 2.87. The van der Waals surface area contributed by atoms with Crippen molar-refractivity contribution in [1.29, 1.82) is 0 Å². The van der Waals surface area contributed by atoms with E-state index in [4.69, 9.17) is 16.7 Å². The van der Waals surface area contributed by atoms with Gasteiger partial charge in [-0.1, -0.05) is 31.9 Å². The van der Waals surface area contributed by atoms with Crippen LogP contribution >= 0.6 is 0 Å². The summed E-state index contributed by atoms with van der Waals surface area (Å²) in [6.07, 6.45) is 0.0769. The number of nitrogens with two attached hydrogens (primary N) is 1. The third kappa shape index (κ3) is 10.8. The molecule has 1 aromatic rings. The summed E-state index contributed by atoms with van der Waals surface area (Å²) in [5.41, 5.74) is 5.87. The van der Waals surface area contributed by atoms with Gasteiger partial charge in [0, 0.05) is 40.6 Å². The minimum atomic E-state index is -3.82. The lowest BCUT2D eigenvalue weighted by molar-refractivity contribution is -0.131. The van der Waals surface area contributed by atoms with Crippen LogP contribution < -0.4 is 21.7 Å². The molecule has 33 heavy (non-hydrogen) atoms. The SMILES string of the molecule is [2H]C([2H])([2H])C([2H])(C([2H])([2H])[2H])[C@@]([2H])(NC(=O)CCC=C)C(=O)C[C@@H](CCCNC(N)=O)C(=O)Nc1ccc(CO)cc1. The lowest BCUT2D eigenvalue weighted by Gasteiger charge is -2.24. The molecule has 1 rings (SSSR count). The van der Waals surface area contributed by atoms with Gasteiger partial charge in [-0.05, 0) is 42.9 Å². The molecule has 182 valence electrons. The van der Waals surface area contributed by atoms with Crippen LogP contribution in [0, 0.1) is 11.8 Å². The Bertz CT molecular complexity index is 1080. The number of aliphatic hydroxyl groups is 1. The number of aliphatic hydroxyl groups excluding tert-OH is 1. The van der Waals surface area contributed by atoms with Crippen molar-refractivity contribution in [2.24, 2.45) is 17.5 Å². The van der Waals surface area contributed by atoms with Gasteiger partial charge in [-0.15, -0.1) is 6.58 Å². The number of anilines is 1. The highest BCUT2D eigenvalue weighted by Crippen LogP contribution is 2.19. The first kappa shape index (κ1) is 17.3. The van der Waals surface area contributed by atoms with E-state index in [2.05, 4.69) is 17.2 Å². The molecule has 0 heterocycles. The quantitative estimate of drug-likeness (QED) is 0.198. The molecule has 6 N–H and O–H groups in total. The van der Waals surface area contributed by atoms with E-state index < -0.39 is 61.6 Å². The standard InChI is InChI=1S/C24H36N4O5/c1-4-5-8-21(31)28-22(16(2)3)20(30)14-18(7-6-13-26-24(25)33)23(32)27-19-11-9-17(15-29)10-12-19/h4,9-12,16,18,22,29H,1,5-8,13-15H2,2-3H3,(H,27,32)(H,28,31)(H3,25,26,33)/t18-,22-/m1/s1/i2D3,3D3,16D,22D. The number of urea groups is 1. The van der Waals surface area contributed by atoms with Gasteiger partial charge in [0.05, 0.1) is 14.0 Å². The largest absolute Gasteiger partial charge is 0.392 e. The van der Waals surface area contributed by atoms with Crippen LogP contribution in [0.1, 0.15) is 62.3 Å². The van der Waals surface area contributed by atoms with Crippen LogP contribution in [0.4, 0.5) is 10.5 Å². The summed E-state index contributed by atoms with van der Waals surface area (Å²) in [5.74, 6) is -8.43. The highest BCUT2D eigenvalue weighted by Gasteiger charge is 2.29. The molecule has 0 aliphatic rings. The molecule has 4 amide bonds. The lowest BCUT2D eigenvalue weighted by atomic mass is 9.89. The Hall–Kier alpha value is -3.20. The molecule has 9 nitrogen and oxygen atoms in total. The molecule has 0 bridgehead atoms. The molecule has 0 aromatic heterocycles. The van der Waals surface area contributed by atoms with Gasteiger partial charge in [0.25, 0.3) is 0 Å². The summed E-state index contributed by atoms with van der Waals surface area (Å²) >= 11 is 0. The number of hydrogen-bond donors (Lipinski definition) is 5. The molecule has 0 unspecified atom stereocenters. The second kappa shape index (κ2) is 14.8. The maximum atomic E-state index is 13.7. The summed E-state index contributed by atoms with van der Waals surface area (Å²) in [5, 5.41) is 15.9. The topological polar surface area (TPSA) is 151 Å². The van der Waals surface area contributed by atoms with Gasteiger partial charge in [0.2, 0.25) is 11.8 Å². The number of hydrogen-bond acceptors (Lipinski definition) is 5. The Morgan fingerprint density at radius 1 is 1.24 bits per heavy atom. The summed E-state index contributed by atoms with van der Waals surface area (Å²) in [4.78, 5) is 50.5. The van der Waals surface area contributed by atoms with Crippen LogP contribution in [-0.2, 0) is 21.0 Å². The van der Waals surface area contributed by atoms with E-state index in [1.54, 1.807) is 0 Å². The third-order valence-electron chi connectivity index (χ3n) is 4.60. The number of benzene rings is 1. The number of Topliss-reactive ketones (excluding diaryl/α,β-unsaturated/α-hetero) is 1. The van der Waals surface area contributed by atoms with E-state index in [0.717, 1.165) is 0 Å². The number of carbonyl (C=O) groups excluding carboxylic acids is 4. The molecule has 2 atom stereocenters. The zero-order valence-corrected chi connectivity index (χ0v) is 18.3. The summed E-state index contributed by atoms with van der Waals surface area (Å²) in [6.45, 7) is -4.31. The molecule has 0 aliphatic carbocycles. The summed E-state index contributed by atoms with van der Waals surface area (Å²) in [6, 6.07) is 1.65. The minimum Gasteiger partial charge on any atom is -0.392 e. The molecular weight excluding hydrogens is 424 g/mol. The molecule has 0 radical (unpaired) electrons. The fraction of sp³-hybridized carbons (Fsp3) is 0.500. The van der Waals surface area contributed by atoms with Gasteiger partial charge in [0.1, 0.15) is 0 Å². The number of nitrogens with one attached hydrogen (secondary N) is 3. The molecule has 0 fully saturated rings. The molecule has 0 spiro atoms. The second-order valence-electron chi connectivity index (χ2n) is 7.23. The van der Waals surface area contributed by atoms with Gasteiger partial charge < -0.3 is 26.8 Å². The van der Waals surface area contributed by atoms with Crippen molar-refractivity contribution >= 4 is 29.3 Å². The fourth-order valence-electron chi connectivity index (χ4n) is 2.86. The number of carbonyl (C=O) groups is 4. The maximum Gasteiger partial charge on any atom is 0.312 e. The molecule has 0 saturated heterocycles. The predicted molar refractivity (Wildman–Crippen MR) is 127 cm³/mol. The first-order chi connectivity index (χ1) is 18.8. The van der Waals surface area contributed by atoms with Crippen LogP contribution in [0.15, 0.2) is 36.9 Å². The Morgan fingerprint density at radius 3 is 2.52 bits per heavy atom. The van der Waals surface area contributed by atoms with Crippen LogP contribution in [0.25, 0.3) is 0 Å². The number of allylic oxidation sites excluding steroid dienone is 1. The van der Waals surface area contributed by atoms with Crippen molar-refractivity contribution in [1.82, 2.24) is 10.6 Å². The van der Waals surface area contributed by atoms with Gasteiger partial charge in [0.15, 0.2) is 5.78 Å². The minimum absolute atomic E-state index is 0.00423. The Balaban J connectivity index is 3.50. The fourth-order valence-corrected chi connectivity index (χ4v) is 2.86. The Morgan fingerprint density at radius 2 is 1.94 bits per heavy atom. The maximum absolute atomic E-state index is 13.7. The zero-order valence-electron chi connectivity index (χ0n) is 26.3. The van der Waals surface area contributed by atoms with E-state index in [1.807, 2.05) is 5.32 Å². The Kier molecular flexibility index (Phi) is 7.75. The number of primary amides is 1. The van der Waals surface area contributed by atoms with Crippen molar-refractivity contribution in [3.05, 3.63) is 42.5 Å². The average molecular weight is 469 g/mol. The van der Waals surface area contributed by atoms with E-state index >= 15 is 0 Å². The first-order valence-corrected chi connectivity index (χ1v) is 10.3. The zero-order chi connectivity index (χ0) is 31.6. The van der Waals surface area contributed by atoms with Crippen LogP contribution in [0.3, 0.4) is 0 Å². The van der Waals surface area contributed by atoms with Crippen molar-refractivity contribution in [2.75, 3.05) is 11.9 Å². The van der Waals surface area contributed by atoms with Crippen molar-refractivity contribution in [3.63, 3.8) is 0 Å². The molecule has 1 aromatic carbocycles. The molecule has 0 saturated carbocycles. The number of rotatable bonds is 15. The van der Waals surface area contributed by atoms with E-state index in [-0.39, 0.29) is 44.5 Å². The van der Waals surface area contributed by atoms with Crippen LogP contribution in [0.5, 0.6) is 0 Å². The van der Waals surface area contributed by atoms with Gasteiger partial charge in [-0.25, -0.2) is 4.79 Å². The molecule has 9 heteroatoms. The third-order valence-corrected chi connectivity index (χ3v) is 4.60. The smallest absolute Gasteiger partial charge is 0.312 e. The van der Waals surface area contributed by atoms with Crippen molar-refractivity contribution in [2.45, 2.75) is 58.4 Å². The summed E-state index contributed by atoms with van der Waals surface area (Å²) in [7, 11) is 0. The van der Waals surface area contributed by atoms with Gasteiger partial charge in [-0.2, -0.15) is 0 Å². The van der Waals surface area contributed by atoms with E-state index in [1.165, 1.54) is 30.3 Å². The number of ketones is 1. The normalized spacial score (nSPS) is 18.1. The highest BCUT2D eigenvalue weighted by atomic mass is 16.3. The second-order valence-corrected chi connectivity index (χ2v) is 7.23. The monoisotopic (exact) mass is 468 g/mol. The van der Waals surface area contributed by atoms with Crippen molar-refractivity contribution in [3.8, 4) is 0 Å². The summed E-state index contributed by atoms with van der Waals surface area (Å²) < 4.78 is 64.1. The highest BCUT2D eigenvalue weighted by molar-refractivity contribution is 5.97. The predicted octanol–water partition coefficient (Wildman–Crippen LogP) is 2.25. The van der Waals surface area contributed by atoms with Gasteiger partial charge in [-0.3, -0.25) is 14.4 Å². The van der Waals surface area contributed by atoms with Crippen LogP contribution in [0.2, 0.25) is 0 Å². The molecular formula is C24H36N4O5. The van der Waals surface area contributed by atoms with E-state index in [0.29, 0.717) is 5.56 Å².